The standard InChI is InChI=1S/C14H10BrN3O2S/c15-12-6-5-11(21-12)14(20)18-17-13(19)10-7-8-3-1-2-4-9(8)16-10/h1-7,16H,(H,17,19)(H,18,20). The molecular formula is C14H10BrN3O2S. The Morgan fingerprint density at radius 3 is 2.52 bits per heavy atom. The van der Waals surface area contributed by atoms with Gasteiger partial charge in [0.15, 0.2) is 0 Å². The molecule has 3 rings (SSSR count). The Morgan fingerprint density at radius 2 is 1.81 bits per heavy atom. The number of nitrogens with one attached hydrogen (secondary N) is 3. The van der Waals surface area contributed by atoms with E-state index in [0.717, 1.165) is 14.7 Å². The molecule has 0 fully saturated rings. The second-order valence-corrected chi connectivity index (χ2v) is 6.75. The molecule has 0 aliphatic rings. The van der Waals surface area contributed by atoms with Gasteiger partial charge in [-0.05, 0) is 40.2 Å². The van der Waals surface area contributed by atoms with E-state index in [4.69, 9.17) is 0 Å². The quantitative estimate of drug-likeness (QED) is 0.612. The number of thiophene rings is 1. The zero-order valence-corrected chi connectivity index (χ0v) is 13.0. The molecule has 2 heterocycles. The number of fused-ring (bicyclic) bond motifs is 1. The second-order valence-electron chi connectivity index (χ2n) is 4.28. The molecule has 3 aromatic rings. The van der Waals surface area contributed by atoms with Crippen LogP contribution in [0.15, 0.2) is 46.3 Å². The van der Waals surface area contributed by atoms with Crippen molar-refractivity contribution in [2.75, 3.05) is 0 Å². The Labute approximate surface area is 132 Å². The maximum absolute atomic E-state index is 12.0. The van der Waals surface area contributed by atoms with Gasteiger partial charge in [-0.15, -0.1) is 11.3 Å². The fourth-order valence-corrected chi connectivity index (χ4v) is 3.16. The Bertz CT molecular complexity index is 791. The van der Waals surface area contributed by atoms with Crippen LogP contribution >= 0.6 is 27.3 Å². The number of hydrazine groups is 1. The Balaban J connectivity index is 1.67. The molecule has 0 atom stereocenters. The van der Waals surface area contributed by atoms with Crippen LogP contribution in [0.5, 0.6) is 0 Å². The van der Waals surface area contributed by atoms with Crippen molar-refractivity contribution < 1.29 is 9.59 Å². The molecule has 0 spiro atoms. The molecule has 0 saturated heterocycles. The predicted octanol–water partition coefficient (Wildman–Crippen LogP) is 3.07. The molecule has 7 heteroatoms. The van der Waals surface area contributed by atoms with E-state index in [1.807, 2.05) is 24.3 Å². The van der Waals surface area contributed by atoms with Gasteiger partial charge in [-0.25, -0.2) is 0 Å². The van der Waals surface area contributed by atoms with E-state index in [-0.39, 0.29) is 5.91 Å². The minimum Gasteiger partial charge on any atom is -0.350 e. The van der Waals surface area contributed by atoms with Crippen molar-refractivity contribution >= 4 is 50.0 Å². The first-order valence-corrected chi connectivity index (χ1v) is 7.68. The van der Waals surface area contributed by atoms with Crippen molar-refractivity contribution in [2.45, 2.75) is 0 Å². The first-order chi connectivity index (χ1) is 10.1. The van der Waals surface area contributed by atoms with Crippen LogP contribution in [0.4, 0.5) is 0 Å². The summed E-state index contributed by atoms with van der Waals surface area (Å²) in [5.74, 6) is -0.745. The summed E-state index contributed by atoms with van der Waals surface area (Å²) in [6.07, 6.45) is 0. The second kappa shape index (κ2) is 5.71. The Morgan fingerprint density at radius 1 is 1.05 bits per heavy atom. The lowest BCUT2D eigenvalue weighted by Crippen LogP contribution is -2.41. The van der Waals surface area contributed by atoms with Crippen LogP contribution in [-0.2, 0) is 0 Å². The Kier molecular flexibility index (Phi) is 3.76. The van der Waals surface area contributed by atoms with Gasteiger partial charge in [0.2, 0.25) is 0 Å². The zero-order valence-electron chi connectivity index (χ0n) is 10.6. The number of rotatable bonds is 2. The highest BCUT2D eigenvalue weighted by molar-refractivity contribution is 9.11. The lowest BCUT2D eigenvalue weighted by molar-refractivity contribution is 0.0846. The van der Waals surface area contributed by atoms with Gasteiger partial charge in [-0.2, -0.15) is 0 Å². The summed E-state index contributed by atoms with van der Waals surface area (Å²) in [5.41, 5.74) is 6.04. The smallest absolute Gasteiger partial charge is 0.286 e. The molecule has 0 unspecified atom stereocenters. The van der Waals surface area contributed by atoms with Crippen LogP contribution in [0.25, 0.3) is 10.9 Å². The number of carbonyl (C=O) groups is 2. The predicted molar refractivity (Wildman–Crippen MR) is 85.3 cm³/mol. The van der Waals surface area contributed by atoms with E-state index in [0.29, 0.717) is 10.6 Å². The van der Waals surface area contributed by atoms with Gasteiger partial charge in [-0.1, -0.05) is 18.2 Å². The fourth-order valence-electron chi connectivity index (χ4n) is 1.87. The lowest BCUT2D eigenvalue weighted by Gasteiger charge is -2.04. The van der Waals surface area contributed by atoms with E-state index < -0.39 is 5.91 Å². The van der Waals surface area contributed by atoms with E-state index in [2.05, 4.69) is 31.8 Å². The maximum Gasteiger partial charge on any atom is 0.286 e. The largest absolute Gasteiger partial charge is 0.350 e. The molecule has 0 aliphatic heterocycles. The van der Waals surface area contributed by atoms with Crippen molar-refractivity contribution in [3.05, 3.63) is 56.8 Å². The number of H-pyrrole nitrogens is 1. The molecule has 5 nitrogen and oxygen atoms in total. The number of benzene rings is 1. The van der Waals surface area contributed by atoms with Gasteiger partial charge < -0.3 is 4.98 Å². The van der Waals surface area contributed by atoms with Crippen molar-refractivity contribution in [1.82, 2.24) is 15.8 Å². The summed E-state index contributed by atoms with van der Waals surface area (Å²) >= 11 is 4.58. The van der Waals surface area contributed by atoms with Crippen LogP contribution in [0, 0.1) is 0 Å². The molecule has 2 amide bonds. The van der Waals surface area contributed by atoms with Crippen LogP contribution in [0.2, 0.25) is 0 Å². The topological polar surface area (TPSA) is 74.0 Å². The van der Waals surface area contributed by atoms with E-state index in [1.54, 1.807) is 18.2 Å². The number of aromatic nitrogens is 1. The number of amides is 2. The van der Waals surface area contributed by atoms with Crippen LogP contribution in [0.3, 0.4) is 0 Å². The normalized spacial score (nSPS) is 10.5. The average molecular weight is 364 g/mol. The number of para-hydroxylation sites is 1. The number of aromatic amines is 1. The van der Waals surface area contributed by atoms with Gasteiger partial charge in [0.05, 0.1) is 8.66 Å². The van der Waals surface area contributed by atoms with Gasteiger partial charge >= 0.3 is 0 Å². The van der Waals surface area contributed by atoms with E-state index >= 15 is 0 Å². The van der Waals surface area contributed by atoms with Gasteiger partial charge in [0.1, 0.15) is 5.69 Å². The van der Waals surface area contributed by atoms with E-state index in [9.17, 15) is 9.59 Å². The monoisotopic (exact) mass is 363 g/mol. The number of hydrogen-bond acceptors (Lipinski definition) is 3. The van der Waals surface area contributed by atoms with Gasteiger partial charge in [0, 0.05) is 10.9 Å². The first-order valence-electron chi connectivity index (χ1n) is 6.07. The van der Waals surface area contributed by atoms with Crippen molar-refractivity contribution in [2.24, 2.45) is 0 Å². The molecule has 21 heavy (non-hydrogen) atoms. The SMILES string of the molecule is O=C(NNC(=O)c1ccc(Br)s1)c1cc2ccccc2[nH]1. The third-order valence-electron chi connectivity index (χ3n) is 2.86. The molecule has 0 aliphatic carbocycles. The van der Waals surface area contributed by atoms with Gasteiger partial charge in [-0.3, -0.25) is 20.4 Å². The first kappa shape index (κ1) is 13.8. The van der Waals surface area contributed by atoms with Crippen LogP contribution < -0.4 is 10.9 Å². The van der Waals surface area contributed by atoms with Crippen molar-refractivity contribution in [3.63, 3.8) is 0 Å². The van der Waals surface area contributed by atoms with E-state index in [1.165, 1.54) is 11.3 Å². The van der Waals surface area contributed by atoms with Crippen molar-refractivity contribution in [3.8, 4) is 0 Å². The third-order valence-corrected chi connectivity index (χ3v) is 4.48. The highest BCUT2D eigenvalue weighted by Gasteiger charge is 2.12. The third kappa shape index (κ3) is 2.98. The highest BCUT2D eigenvalue weighted by atomic mass is 79.9. The molecule has 3 N–H and O–H groups in total. The average Bonchev–Trinajstić information content (AvgIpc) is 3.10. The summed E-state index contributed by atoms with van der Waals surface area (Å²) in [6, 6.07) is 12.8. The molecule has 1 aromatic carbocycles. The number of hydrogen-bond donors (Lipinski definition) is 3. The molecule has 2 aromatic heterocycles. The summed E-state index contributed by atoms with van der Waals surface area (Å²) in [4.78, 5) is 27.3. The van der Waals surface area contributed by atoms with Gasteiger partial charge in [0.25, 0.3) is 11.8 Å². The lowest BCUT2D eigenvalue weighted by atomic mass is 10.2. The number of carbonyl (C=O) groups excluding carboxylic acids is 2. The minimum absolute atomic E-state index is 0.352. The Hall–Kier alpha value is -2.12. The summed E-state index contributed by atoms with van der Waals surface area (Å²) in [6.45, 7) is 0. The molecular weight excluding hydrogens is 354 g/mol. The van der Waals surface area contributed by atoms with Crippen molar-refractivity contribution in [1.29, 1.82) is 0 Å². The maximum atomic E-state index is 12.0. The minimum atomic E-state index is -0.393. The summed E-state index contributed by atoms with van der Waals surface area (Å²) in [5, 5.41) is 0.941. The summed E-state index contributed by atoms with van der Waals surface area (Å²) < 4.78 is 0.856. The highest BCUT2D eigenvalue weighted by Crippen LogP contribution is 2.21. The fraction of sp³-hybridized carbons (Fsp3) is 0. The number of halogens is 1. The van der Waals surface area contributed by atoms with Crippen LogP contribution in [-0.4, -0.2) is 16.8 Å². The summed E-state index contributed by atoms with van der Waals surface area (Å²) in [7, 11) is 0. The molecule has 0 bridgehead atoms. The molecule has 0 radical (unpaired) electrons. The zero-order chi connectivity index (χ0) is 14.8. The van der Waals surface area contributed by atoms with Crippen LogP contribution in [0.1, 0.15) is 20.2 Å². The molecule has 106 valence electrons. The molecule has 0 saturated carbocycles.